The van der Waals surface area contributed by atoms with E-state index in [0.717, 1.165) is 12.1 Å². The number of benzene rings is 1. The molecule has 1 N–H and O–H groups in total. The fourth-order valence-corrected chi connectivity index (χ4v) is 3.28. The number of hydrogen-bond donors (Lipinski definition) is 1. The van der Waals surface area contributed by atoms with Crippen LogP contribution in [0.5, 0.6) is 0 Å². The summed E-state index contributed by atoms with van der Waals surface area (Å²) in [5.41, 5.74) is 2.56. The van der Waals surface area contributed by atoms with Gasteiger partial charge in [-0.15, -0.1) is 11.3 Å². The molecule has 1 unspecified atom stereocenters. The first-order chi connectivity index (χ1) is 9.04. The maximum Gasteiger partial charge on any atom is 0.0943 e. The minimum absolute atomic E-state index is 0.0790. The van der Waals surface area contributed by atoms with Crippen molar-refractivity contribution in [3.8, 4) is 0 Å². The molecule has 0 aliphatic heterocycles. The van der Waals surface area contributed by atoms with Crippen LogP contribution in [0.4, 0.5) is 0 Å². The first kappa shape index (κ1) is 14.2. The molecule has 1 aromatic heterocycles. The predicted octanol–water partition coefficient (Wildman–Crippen LogP) is 3.56. The van der Waals surface area contributed by atoms with E-state index < -0.39 is 0 Å². The maximum atomic E-state index is 4.58. The number of aromatic nitrogens is 1. The van der Waals surface area contributed by atoms with E-state index in [4.69, 9.17) is 0 Å². The van der Waals surface area contributed by atoms with Crippen molar-refractivity contribution >= 4 is 11.3 Å². The lowest BCUT2D eigenvalue weighted by Gasteiger charge is -2.34. The summed E-state index contributed by atoms with van der Waals surface area (Å²) in [6, 6.07) is 11.1. The molecule has 0 saturated carbocycles. The second-order valence-corrected chi connectivity index (χ2v) is 6.46. The van der Waals surface area contributed by atoms with Crippen molar-refractivity contribution in [3.05, 3.63) is 52.0 Å². The number of hydrogen-bond acceptors (Lipinski definition) is 3. The van der Waals surface area contributed by atoms with Crippen molar-refractivity contribution in [2.75, 3.05) is 7.05 Å². The molecular formula is C16H22N2S. The molecule has 0 radical (unpaired) electrons. The molecular weight excluding hydrogens is 252 g/mol. The predicted molar refractivity (Wildman–Crippen MR) is 82.9 cm³/mol. The van der Waals surface area contributed by atoms with Gasteiger partial charge in [0.15, 0.2) is 0 Å². The van der Waals surface area contributed by atoms with E-state index in [1.54, 1.807) is 11.3 Å². The van der Waals surface area contributed by atoms with Gasteiger partial charge in [0.1, 0.15) is 0 Å². The third-order valence-corrected chi connectivity index (χ3v) is 4.77. The van der Waals surface area contributed by atoms with Crippen molar-refractivity contribution in [3.63, 3.8) is 0 Å². The number of likely N-dealkylation sites (N-methyl/N-ethyl adjacent to an activating group) is 1. The normalized spacial score (nSPS) is 13.5. The van der Waals surface area contributed by atoms with E-state index >= 15 is 0 Å². The van der Waals surface area contributed by atoms with Crippen LogP contribution < -0.4 is 5.32 Å². The van der Waals surface area contributed by atoms with E-state index in [1.165, 1.54) is 10.6 Å². The Kier molecular flexibility index (Phi) is 4.38. The number of nitrogens with one attached hydrogen (secondary N) is 1. The minimum atomic E-state index is 0.0790. The van der Waals surface area contributed by atoms with Gasteiger partial charge in [0, 0.05) is 29.0 Å². The Morgan fingerprint density at radius 3 is 2.47 bits per heavy atom. The van der Waals surface area contributed by atoms with Gasteiger partial charge in [-0.2, -0.15) is 0 Å². The number of rotatable bonds is 5. The van der Waals surface area contributed by atoms with Crippen molar-refractivity contribution in [1.29, 1.82) is 0 Å². The Balaban J connectivity index is 2.21. The average molecular weight is 274 g/mol. The number of aryl methyl sites for hydroxylation is 1. The van der Waals surface area contributed by atoms with Crippen molar-refractivity contribution in [2.24, 2.45) is 0 Å². The Morgan fingerprint density at radius 1 is 1.26 bits per heavy atom. The maximum absolute atomic E-state index is 4.58. The zero-order valence-electron chi connectivity index (χ0n) is 12.1. The Hall–Kier alpha value is -1.19. The summed E-state index contributed by atoms with van der Waals surface area (Å²) in [4.78, 5) is 4.58. The quantitative estimate of drug-likeness (QED) is 0.901. The minimum Gasteiger partial charge on any atom is -0.316 e. The van der Waals surface area contributed by atoms with Crippen LogP contribution in [0, 0.1) is 6.92 Å². The van der Waals surface area contributed by atoms with E-state index in [9.17, 15) is 0 Å². The first-order valence-corrected chi connectivity index (χ1v) is 7.56. The molecule has 0 aliphatic rings. The van der Waals surface area contributed by atoms with Crippen LogP contribution in [0.2, 0.25) is 0 Å². The van der Waals surface area contributed by atoms with E-state index in [0.29, 0.717) is 6.04 Å². The average Bonchev–Trinajstić information content (AvgIpc) is 2.82. The monoisotopic (exact) mass is 274 g/mol. The molecule has 1 atom stereocenters. The molecule has 2 nitrogen and oxygen atoms in total. The summed E-state index contributed by atoms with van der Waals surface area (Å²) < 4.78 is 0. The molecule has 0 aliphatic carbocycles. The molecule has 19 heavy (non-hydrogen) atoms. The van der Waals surface area contributed by atoms with E-state index in [-0.39, 0.29) is 5.41 Å². The lowest BCUT2D eigenvalue weighted by atomic mass is 9.76. The number of thiazole rings is 1. The van der Waals surface area contributed by atoms with Crippen LogP contribution in [0.15, 0.2) is 35.7 Å². The van der Waals surface area contributed by atoms with E-state index in [1.807, 2.05) is 7.05 Å². The topological polar surface area (TPSA) is 24.9 Å². The Labute approximate surface area is 119 Å². The molecule has 2 rings (SSSR count). The fourth-order valence-electron chi connectivity index (χ4n) is 2.46. The molecule has 0 bridgehead atoms. The Morgan fingerprint density at radius 2 is 1.95 bits per heavy atom. The highest BCUT2D eigenvalue weighted by Gasteiger charge is 2.30. The summed E-state index contributed by atoms with van der Waals surface area (Å²) >= 11 is 1.75. The third kappa shape index (κ3) is 3.23. The first-order valence-electron chi connectivity index (χ1n) is 6.68. The highest BCUT2D eigenvalue weighted by atomic mass is 32.1. The van der Waals surface area contributed by atoms with Crippen molar-refractivity contribution in [2.45, 2.75) is 38.6 Å². The standard InChI is InChI=1S/C16H22N2S/c1-12-11-19-15(18-12)10-14(17-4)16(2,3)13-8-6-5-7-9-13/h5-9,11,14,17H,10H2,1-4H3. The van der Waals surface area contributed by atoms with Crippen LogP contribution in [0.3, 0.4) is 0 Å². The van der Waals surface area contributed by atoms with Crippen LogP contribution in [0.1, 0.15) is 30.1 Å². The summed E-state index contributed by atoms with van der Waals surface area (Å²) in [5.74, 6) is 0. The smallest absolute Gasteiger partial charge is 0.0943 e. The summed E-state index contributed by atoms with van der Waals surface area (Å²) in [7, 11) is 2.04. The molecule has 0 saturated heterocycles. The highest BCUT2D eigenvalue weighted by Crippen LogP contribution is 2.29. The Bertz CT molecular complexity index is 517. The van der Waals surface area contributed by atoms with Crippen LogP contribution in [-0.4, -0.2) is 18.1 Å². The van der Waals surface area contributed by atoms with Crippen LogP contribution in [-0.2, 0) is 11.8 Å². The molecule has 0 fully saturated rings. The van der Waals surface area contributed by atoms with Gasteiger partial charge in [0.25, 0.3) is 0 Å². The zero-order chi connectivity index (χ0) is 13.9. The third-order valence-electron chi connectivity index (χ3n) is 3.78. The second kappa shape index (κ2) is 5.85. The summed E-state index contributed by atoms with van der Waals surface area (Å²) in [6.07, 6.45) is 0.969. The fraction of sp³-hybridized carbons (Fsp3) is 0.438. The van der Waals surface area contributed by atoms with Gasteiger partial charge in [0.2, 0.25) is 0 Å². The van der Waals surface area contributed by atoms with Gasteiger partial charge in [-0.25, -0.2) is 4.98 Å². The SMILES string of the molecule is CNC(Cc1nc(C)cs1)C(C)(C)c1ccccc1. The molecule has 0 amide bonds. The summed E-state index contributed by atoms with van der Waals surface area (Å²) in [5, 5.41) is 6.80. The van der Waals surface area contributed by atoms with E-state index in [2.05, 4.69) is 66.8 Å². The molecule has 0 spiro atoms. The van der Waals surface area contributed by atoms with Gasteiger partial charge in [-0.05, 0) is 19.5 Å². The zero-order valence-corrected chi connectivity index (χ0v) is 12.9. The van der Waals surface area contributed by atoms with Gasteiger partial charge in [0.05, 0.1) is 5.01 Å². The molecule has 3 heteroatoms. The van der Waals surface area contributed by atoms with Crippen LogP contribution >= 0.6 is 11.3 Å². The second-order valence-electron chi connectivity index (χ2n) is 5.52. The number of nitrogens with zero attached hydrogens (tertiary/aromatic N) is 1. The van der Waals surface area contributed by atoms with Crippen LogP contribution in [0.25, 0.3) is 0 Å². The van der Waals surface area contributed by atoms with Gasteiger partial charge >= 0.3 is 0 Å². The lowest BCUT2D eigenvalue weighted by molar-refractivity contribution is 0.356. The van der Waals surface area contributed by atoms with Gasteiger partial charge in [-0.3, -0.25) is 0 Å². The highest BCUT2D eigenvalue weighted by molar-refractivity contribution is 7.09. The van der Waals surface area contributed by atoms with Crippen molar-refractivity contribution < 1.29 is 0 Å². The molecule has 1 heterocycles. The largest absolute Gasteiger partial charge is 0.316 e. The molecule has 2 aromatic rings. The van der Waals surface area contributed by atoms with Crippen molar-refractivity contribution in [1.82, 2.24) is 10.3 Å². The van der Waals surface area contributed by atoms with Gasteiger partial charge < -0.3 is 5.32 Å². The summed E-state index contributed by atoms with van der Waals surface area (Å²) in [6.45, 7) is 6.64. The molecule has 102 valence electrons. The molecule has 1 aromatic carbocycles. The lowest BCUT2D eigenvalue weighted by Crippen LogP contribution is -2.44. The van der Waals surface area contributed by atoms with Gasteiger partial charge in [-0.1, -0.05) is 44.2 Å².